The first kappa shape index (κ1) is 21.7. The van der Waals surface area contributed by atoms with Crippen LogP contribution in [-0.4, -0.2) is 10.8 Å². The maximum Gasteiger partial charge on any atom is 0.134 e. The average Bonchev–Trinajstić information content (AvgIpc) is 2.61. The fraction of sp³-hybridized carbons (Fsp3) is 0.500. The van der Waals surface area contributed by atoms with Gasteiger partial charge in [-0.2, -0.15) is 0 Å². The highest BCUT2D eigenvalue weighted by Crippen LogP contribution is 2.45. The van der Waals surface area contributed by atoms with Crippen LogP contribution < -0.4 is 0 Å². The number of carbonyl (C=O) groups is 1. The van der Waals surface area contributed by atoms with E-state index in [0.717, 1.165) is 35.8 Å². The summed E-state index contributed by atoms with van der Waals surface area (Å²) in [5.74, 6) is 1.13. The molecule has 3 rings (SSSR count). The highest BCUT2D eigenvalue weighted by Gasteiger charge is 2.44. The molecule has 0 spiro atoms. The Labute approximate surface area is 170 Å². The molecule has 1 aromatic carbocycles. The Morgan fingerprint density at radius 2 is 1.74 bits per heavy atom. The summed E-state index contributed by atoms with van der Waals surface area (Å²) in [6, 6.07) is 10.6. The molecule has 2 aromatic rings. The van der Waals surface area contributed by atoms with Crippen LogP contribution in [-0.2, 0) is 23.1 Å². The number of pyridine rings is 1. The van der Waals surface area contributed by atoms with E-state index in [1.54, 1.807) is 0 Å². The van der Waals surface area contributed by atoms with E-state index < -0.39 is 0 Å². The van der Waals surface area contributed by atoms with E-state index >= 15 is 0 Å². The van der Waals surface area contributed by atoms with E-state index in [-0.39, 0.29) is 5.41 Å². The Hall–Kier alpha value is -1.61. The molecule has 0 saturated heterocycles. The standard InChI is InChI=1S/C14H19NO.C10H14S/c1-4-11-6-13(10(3)15-9-11)14(5-2)7-12(16)8-14;1-8(2)7-9-3-5-10(11)6-4-9/h6,9H,4-5,7-8H2,1-3H3;3-6,8,11H,7H2,1-2H3. The van der Waals surface area contributed by atoms with Crippen molar-refractivity contribution in [2.24, 2.45) is 5.92 Å². The highest BCUT2D eigenvalue weighted by molar-refractivity contribution is 7.80. The van der Waals surface area contributed by atoms with E-state index in [0.29, 0.717) is 18.6 Å². The quantitative estimate of drug-likeness (QED) is 0.629. The van der Waals surface area contributed by atoms with Gasteiger partial charge in [-0.3, -0.25) is 9.78 Å². The zero-order chi connectivity index (χ0) is 20.0. The van der Waals surface area contributed by atoms with E-state index in [9.17, 15) is 4.79 Å². The van der Waals surface area contributed by atoms with Crippen molar-refractivity contribution < 1.29 is 4.79 Å². The second-order valence-electron chi connectivity index (χ2n) is 8.12. The monoisotopic (exact) mass is 383 g/mol. The molecular weight excluding hydrogens is 350 g/mol. The van der Waals surface area contributed by atoms with Gasteiger partial charge in [0.05, 0.1) is 0 Å². The van der Waals surface area contributed by atoms with Crippen molar-refractivity contribution in [1.82, 2.24) is 4.98 Å². The van der Waals surface area contributed by atoms with E-state index in [2.05, 4.69) is 70.4 Å². The average molecular weight is 384 g/mol. The minimum absolute atomic E-state index is 0.0966. The van der Waals surface area contributed by atoms with Crippen LogP contribution in [0.4, 0.5) is 0 Å². The first-order valence-corrected chi connectivity index (χ1v) is 10.5. The van der Waals surface area contributed by atoms with Gasteiger partial charge in [-0.05, 0) is 60.9 Å². The summed E-state index contributed by atoms with van der Waals surface area (Å²) >= 11 is 4.22. The lowest BCUT2D eigenvalue weighted by Crippen LogP contribution is -2.41. The molecule has 0 unspecified atom stereocenters. The van der Waals surface area contributed by atoms with Gasteiger partial charge in [0, 0.05) is 35.0 Å². The van der Waals surface area contributed by atoms with Crippen LogP contribution in [0.2, 0.25) is 0 Å². The van der Waals surface area contributed by atoms with Crippen LogP contribution in [0.1, 0.15) is 69.3 Å². The van der Waals surface area contributed by atoms with E-state index in [1.165, 1.54) is 16.7 Å². The predicted octanol–water partition coefficient (Wildman–Crippen LogP) is 6.14. The third-order valence-corrected chi connectivity index (χ3v) is 5.75. The summed E-state index contributed by atoms with van der Waals surface area (Å²) in [7, 11) is 0. The molecule has 0 bridgehead atoms. The Kier molecular flexibility index (Phi) is 7.67. The molecule has 3 heteroatoms. The lowest BCUT2D eigenvalue weighted by molar-refractivity contribution is -0.128. The molecule has 0 radical (unpaired) electrons. The summed E-state index contributed by atoms with van der Waals surface area (Å²) < 4.78 is 0. The van der Waals surface area contributed by atoms with Gasteiger partial charge in [-0.15, -0.1) is 12.6 Å². The minimum atomic E-state index is 0.0966. The molecule has 2 nitrogen and oxygen atoms in total. The van der Waals surface area contributed by atoms with Gasteiger partial charge < -0.3 is 0 Å². The number of carbonyl (C=O) groups excluding carboxylic acids is 1. The normalized spacial score (nSPS) is 15.1. The van der Waals surface area contributed by atoms with Gasteiger partial charge in [0.2, 0.25) is 0 Å². The molecule has 1 fully saturated rings. The van der Waals surface area contributed by atoms with Crippen molar-refractivity contribution in [3.05, 3.63) is 58.9 Å². The van der Waals surface area contributed by atoms with Gasteiger partial charge in [0.25, 0.3) is 0 Å². The Morgan fingerprint density at radius 1 is 1.11 bits per heavy atom. The third kappa shape index (κ3) is 5.68. The van der Waals surface area contributed by atoms with Gasteiger partial charge in [0.1, 0.15) is 5.78 Å². The van der Waals surface area contributed by atoms with Crippen molar-refractivity contribution >= 4 is 18.4 Å². The third-order valence-electron chi connectivity index (χ3n) is 5.45. The number of nitrogens with zero attached hydrogens (tertiary/aromatic N) is 1. The zero-order valence-corrected chi connectivity index (χ0v) is 18.3. The van der Waals surface area contributed by atoms with Crippen LogP contribution in [0.3, 0.4) is 0 Å². The number of Topliss-reactive ketones (excluding diaryl/α,β-unsaturated/α-hetero) is 1. The molecular formula is C24H33NOS. The number of rotatable bonds is 5. The van der Waals surface area contributed by atoms with Crippen LogP contribution >= 0.6 is 12.6 Å². The van der Waals surface area contributed by atoms with Crippen LogP contribution in [0.15, 0.2) is 41.4 Å². The maximum atomic E-state index is 11.3. The topological polar surface area (TPSA) is 30.0 Å². The summed E-state index contributed by atoms with van der Waals surface area (Å²) in [4.78, 5) is 16.8. The number of thiol groups is 1. The van der Waals surface area contributed by atoms with Crippen molar-refractivity contribution in [3.63, 3.8) is 0 Å². The molecule has 0 amide bonds. The molecule has 146 valence electrons. The van der Waals surface area contributed by atoms with Gasteiger partial charge >= 0.3 is 0 Å². The fourth-order valence-electron chi connectivity index (χ4n) is 3.74. The van der Waals surface area contributed by atoms with E-state index in [4.69, 9.17) is 0 Å². The number of hydrogen-bond donors (Lipinski definition) is 1. The molecule has 0 atom stereocenters. The Bertz CT molecular complexity index is 756. The van der Waals surface area contributed by atoms with Crippen LogP contribution in [0.5, 0.6) is 0 Å². The fourth-order valence-corrected chi connectivity index (χ4v) is 3.89. The van der Waals surface area contributed by atoms with Gasteiger partial charge in [-0.1, -0.05) is 45.9 Å². The molecule has 27 heavy (non-hydrogen) atoms. The minimum Gasteiger partial charge on any atom is -0.300 e. The molecule has 1 aliphatic rings. The smallest absolute Gasteiger partial charge is 0.134 e. The molecule has 0 aliphatic heterocycles. The molecule has 1 aliphatic carbocycles. The van der Waals surface area contributed by atoms with Crippen LogP contribution in [0, 0.1) is 12.8 Å². The number of aryl methyl sites for hydroxylation is 2. The molecule has 1 heterocycles. The van der Waals surface area contributed by atoms with Crippen LogP contribution in [0.25, 0.3) is 0 Å². The first-order chi connectivity index (χ1) is 12.8. The maximum absolute atomic E-state index is 11.3. The Morgan fingerprint density at radius 3 is 2.22 bits per heavy atom. The Balaban J connectivity index is 0.000000208. The zero-order valence-electron chi connectivity index (χ0n) is 17.4. The molecule has 0 N–H and O–H groups in total. The summed E-state index contributed by atoms with van der Waals surface area (Å²) in [5.41, 5.74) is 5.16. The lowest BCUT2D eigenvalue weighted by Gasteiger charge is -2.41. The van der Waals surface area contributed by atoms with Crippen molar-refractivity contribution in [2.75, 3.05) is 0 Å². The van der Waals surface area contributed by atoms with Gasteiger partial charge in [0.15, 0.2) is 0 Å². The van der Waals surface area contributed by atoms with Gasteiger partial charge in [-0.25, -0.2) is 0 Å². The number of ketones is 1. The van der Waals surface area contributed by atoms with Crippen molar-refractivity contribution in [3.8, 4) is 0 Å². The van der Waals surface area contributed by atoms with Crippen molar-refractivity contribution in [2.45, 2.75) is 77.0 Å². The first-order valence-electron chi connectivity index (χ1n) is 10.0. The predicted molar refractivity (Wildman–Crippen MR) is 117 cm³/mol. The largest absolute Gasteiger partial charge is 0.300 e. The lowest BCUT2D eigenvalue weighted by atomic mass is 9.61. The summed E-state index contributed by atoms with van der Waals surface area (Å²) in [6.07, 6.45) is 6.57. The SMILES string of the molecule is CC(C)Cc1ccc(S)cc1.CCc1cnc(C)c(C2(CC)CC(=O)C2)c1. The molecule has 1 saturated carbocycles. The highest BCUT2D eigenvalue weighted by atomic mass is 32.1. The molecule has 1 aromatic heterocycles. The van der Waals surface area contributed by atoms with Crippen molar-refractivity contribution in [1.29, 1.82) is 0 Å². The second-order valence-corrected chi connectivity index (χ2v) is 8.64. The second kappa shape index (κ2) is 9.54. The summed E-state index contributed by atoms with van der Waals surface area (Å²) in [6.45, 7) is 10.8. The van der Waals surface area contributed by atoms with E-state index in [1.807, 2.05) is 18.3 Å². The number of benzene rings is 1. The number of hydrogen-bond acceptors (Lipinski definition) is 3. The summed E-state index contributed by atoms with van der Waals surface area (Å²) in [5, 5.41) is 0. The number of aromatic nitrogens is 1.